The topological polar surface area (TPSA) is 38.8 Å². The molecule has 5 rings (SSSR count). The molecule has 0 N–H and O–H groups in total. The molecule has 0 amide bonds. The highest BCUT2D eigenvalue weighted by Crippen LogP contribution is 2.38. The molecule has 0 bridgehead atoms. The van der Waals surface area contributed by atoms with Crippen LogP contribution >= 0.6 is 0 Å². The number of hydrogen-bond acceptors (Lipinski definition) is 4. The number of ether oxygens (including phenoxy) is 2. The first-order chi connectivity index (χ1) is 13.2. The van der Waals surface area contributed by atoms with Crippen molar-refractivity contribution in [2.24, 2.45) is 0 Å². The van der Waals surface area contributed by atoms with Gasteiger partial charge in [0.15, 0.2) is 0 Å². The molecule has 27 heavy (non-hydrogen) atoms. The molecular formula is C23H21NO3. The summed E-state index contributed by atoms with van der Waals surface area (Å²) in [5.74, 6) is 0.683. The Bertz CT molecular complexity index is 1040. The Labute approximate surface area is 158 Å². The third-order valence-corrected chi connectivity index (χ3v) is 5.78. The maximum atomic E-state index is 12.1. The molecule has 2 aliphatic rings. The van der Waals surface area contributed by atoms with E-state index in [2.05, 4.69) is 41.3 Å². The van der Waals surface area contributed by atoms with E-state index >= 15 is 0 Å². The van der Waals surface area contributed by atoms with E-state index in [4.69, 9.17) is 9.47 Å². The number of rotatable bonds is 4. The summed E-state index contributed by atoms with van der Waals surface area (Å²) < 4.78 is 10.7. The number of carbonyl (C=O) groups is 1. The van der Waals surface area contributed by atoms with E-state index in [-0.39, 0.29) is 5.97 Å². The molecule has 136 valence electrons. The normalized spacial score (nSPS) is 18.9. The van der Waals surface area contributed by atoms with E-state index in [9.17, 15) is 4.79 Å². The van der Waals surface area contributed by atoms with Crippen LogP contribution in [0.4, 0.5) is 0 Å². The Morgan fingerprint density at radius 3 is 2.85 bits per heavy atom. The van der Waals surface area contributed by atoms with Crippen LogP contribution < -0.4 is 4.74 Å². The smallest absolute Gasteiger partial charge is 0.339 e. The second-order valence-corrected chi connectivity index (χ2v) is 7.24. The summed E-state index contributed by atoms with van der Waals surface area (Å²) in [4.78, 5) is 14.6. The summed E-state index contributed by atoms with van der Waals surface area (Å²) in [6.45, 7) is 2.31. The molecule has 2 heterocycles. The molecule has 0 aliphatic carbocycles. The van der Waals surface area contributed by atoms with Crippen molar-refractivity contribution >= 4 is 16.7 Å². The lowest BCUT2D eigenvalue weighted by atomic mass is 9.91. The zero-order valence-corrected chi connectivity index (χ0v) is 15.3. The van der Waals surface area contributed by atoms with E-state index in [1.807, 2.05) is 18.2 Å². The first-order valence-electron chi connectivity index (χ1n) is 9.33. The number of esters is 1. The number of methoxy groups -OCH3 is 1. The van der Waals surface area contributed by atoms with Gasteiger partial charge in [0.2, 0.25) is 0 Å². The first kappa shape index (κ1) is 16.3. The molecule has 1 saturated heterocycles. The van der Waals surface area contributed by atoms with Gasteiger partial charge in [0.05, 0.1) is 12.7 Å². The summed E-state index contributed by atoms with van der Waals surface area (Å²) in [5, 5.41) is 2.22. The fraction of sp³-hybridized carbons (Fsp3) is 0.261. The van der Waals surface area contributed by atoms with Crippen molar-refractivity contribution in [2.75, 3.05) is 13.7 Å². The van der Waals surface area contributed by atoms with E-state index < -0.39 is 0 Å². The number of nitrogens with zero attached hydrogens (tertiary/aromatic N) is 1. The monoisotopic (exact) mass is 359 g/mol. The molecule has 4 nitrogen and oxygen atoms in total. The zero-order valence-electron chi connectivity index (χ0n) is 15.3. The highest BCUT2D eigenvalue weighted by molar-refractivity contribution is 6.08. The Morgan fingerprint density at radius 1 is 1.15 bits per heavy atom. The van der Waals surface area contributed by atoms with Crippen LogP contribution in [0.5, 0.6) is 5.75 Å². The van der Waals surface area contributed by atoms with E-state index in [0.717, 1.165) is 41.6 Å². The fourth-order valence-electron chi connectivity index (χ4n) is 4.26. The highest BCUT2D eigenvalue weighted by atomic mass is 16.5. The summed E-state index contributed by atoms with van der Waals surface area (Å²) in [6.07, 6.45) is 1.15. The summed E-state index contributed by atoms with van der Waals surface area (Å²) in [7, 11) is 1.71. The molecule has 1 fully saturated rings. The van der Waals surface area contributed by atoms with Gasteiger partial charge in [-0.25, -0.2) is 4.79 Å². The van der Waals surface area contributed by atoms with Crippen LogP contribution in [0.1, 0.15) is 39.5 Å². The molecular weight excluding hydrogens is 338 g/mol. The summed E-state index contributed by atoms with van der Waals surface area (Å²) >= 11 is 0. The van der Waals surface area contributed by atoms with Crippen molar-refractivity contribution in [3.8, 4) is 5.75 Å². The van der Waals surface area contributed by atoms with Crippen molar-refractivity contribution in [3.05, 3.63) is 76.9 Å². The van der Waals surface area contributed by atoms with Crippen LogP contribution in [-0.4, -0.2) is 24.5 Å². The van der Waals surface area contributed by atoms with Crippen LogP contribution in [0.3, 0.4) is 0 Å². The summed E-state index contributed by atoms with van der Waals surface area (Å²) in [6, 6.07) is 19.0. The average molecular weight is 359 g/mol. The summed E-state index contributed by atoms with van der Waals surface area (Å²) in [5.41, 5.74) is 4.34. The molecule has 0 aromatic heterocycles. The van der Waals surface area contributed by atoms with Gasteiger partial charge in [-0.1, -0.05) is 36.4 Å². The average Bonchev–Trinajstić information content (AvgIpc) is 2.69. The molecule has 0 spiro atoms. The van der Waals surface area contributed by atoms with E-state index in [1.54, 1.807) is 7.11 Å². The molecule has 3 aromatic rings. The fourth-order valence-corrected chi connectivity index (χ4v) is 4.26. The standard InChI is InChI=1S/C23H21NO3/c1-26-18-5-2-4-15(12-18)21-10-11-24(21)13-16-8-9-17-14-27-23(25)20-7-3-6-19(16)22(17)20/h2-9,12,21H,10-11,13-14H2,1H3/t21-/m0/s1. The van der Waals surface area contributed by atoms with Gasteiger partial charge in [-0.2, -0.15) is 0 Å². The lowest BCUT2D eigenvalue weighted by Gasteiger charge is -2.41. The van der Waals surface area contributed by atoms with Gasteiger partial charge < -0.3 is 9.47 Å². The third kappa shape index (κ3) is 2.68. The second-order valence-electron chi connectivity index (χ2n) is 7.24. The predicted octanol–water partition coefficient (Wildman–Crippen LogP) is 4.47. The molecule has 1 atom stereocenters. The van der Waals surface area contributed by atoms with Crippen LogP contribution in [0, 0.1) is 0 Å². The second kappa shape index (κ2) is 6.39. The molecule has 0 unspecified atom stereocenters. The van der Waals surface area contributed by atoms with E-state index in [1.165, 1.54) is 11.1 Å². The quantitative estimate of drug-likeness (QED) is 0.645. The first-order valence-corrected chi connectivity index (χ1v) is 9.33. The maximum Gasteiger partial charge on any atom is 0.339 e. The number of cyclic esters (lactones) is 1. The Balaban J connectivity index is 1.48. The van der Waals surface area contributed by atoms with Gasteiger partial charge in [-0.05, 0) is 46.7 Å². The van der Waals surface area contributed by atoms with Crippen LogP contribution in [-0.2, 0) is 17.9 Å². The van der Waals surface area contributed by atoms with Crippen molar-refractivity contribution in [1.29, 1.82) is 0 Å². The molecule has 3 aromatic carbocycles. The Hall–Kier alpha value is -2.85. The van der Waals surface area contributed by atoms with Gasteiger partial charge in [0, 0.05) is 24.5 Å². The van der Waals surface area contributed by atoms with Crippen molar-refractivity contribution in [3.63, 3.8) is 0 Å². The maximum absolute atomic E-state index is 12.1. The Kier molecular flexibility index (Phi) is 3.87. The molecule has 0 radical (unpaired) electrons. The number of carbonyl (C=O) groups excluding carboxylic acids is 1. The predicted molar refractivity (Wildman–Crippen MR) is 104 cm³/mol. The Morgan fingerprint density at radius 2 is 2.04 bits per heavy atom. The van der Waals surface area contributed by atoms with Crippen LogP contribution in [0.15, 0.2) is 54.6 Å². The number of benzene rings is 3. The SMILES string of the molecule is COc1cccc([C@@H]2CCN2Cc2ccc3c4c(cccc24)C(=O)OC3)c1. The van der Waals surface area contributed by atoms with Crippen molar-refractivity contribution in [1.82, 2.24) is 4.90 Å². The lowest BCUT2D eigenvalue weighted by molar-refractivity contribution is 0.0463. The molecule has 4 heteroatoms. The molecule has 2 aliphatic heterocycles. The van der Waals surface area contributed by atoms with Gasteiger partial charge in [0.25, 0.3) is 0 Å². The van der Waals surface area contributed by atoms with Crippen molar-refractivity contribution < 1.29 is 14.3 Å². The number of hydrogen-bond donors (Lipinski definition) is 0. The zero-order chi connectivity index (χ0) is 18.4. The number of likely N-dealkylation sites (tertiary alicyclic amines) is 1. The largest absolute Gasteiger partial charge is 0.497 e. The third-order valence-electron chi connectivity index (χ3n) is 5.78. The highest BCUT2D eigenvalue weighted by Gasteiger charge is 2.30. The lowest BCUT2D eigenvalue weighted by Crippen LogP contribution is -2.40. The minimum atomic E-state index is -0.219. The van der Waals surface area contributed by atoms with E-state index in [0.29, 0.717) is 18.2 Å². The van der Waals surface area contributed by atoms with Crippen LogP contribution in [0.2, 0.25) is 0 Å². The minimum Gasteiger partial charge on any atom is -0.497 e. The van der Waals surface area contributed by atoms with Crippen LogP contribution in [0.25, 0.3) is 10.8 Å². The van der Waals surface area contributed by atoms with Gasteiger partial charge in [-0.15, -0.1) is 0 Å². The van der Waals surface area contributed by atoms with Gasteiger partial charge in [-0.3, -0.25) is 4.90 Å². The van der Waals surface area contributed by atoms with Gasteiger partial charge in [0.1, 0.15) is 12.4 Å². The minimum absolute atomic E-state index is 0.219. The van der Waals surface area contributed by atoms with Gasteiger partial charge >= 0.3 is 5.97 Å². The van der Waals surface area contributed by atoms with Crippen molar-refractivity contribution in [2.45, 2.75) is 25.6 Å². The molecule has 0 saturated carbocycles.